The van der Waals surface area contributed by atoms with Crippen LogP contribution in [-0.4, -0.2) is 35.2 Å². The summed E-state index contributed by atoms with van der Waals surface area (Å²) < 4.78 is 0. The number of nitrogens with one attached hydrogen (secondary N) is 3. The lowest BCUT2D eigenvalue weighted by Crippen LogP contribution is -2.49. The number of fused-ring (bicyclic) bond motifs is 1. The van der Waals surface area contributed by atoms with Gasteiger partial charge in [-0.25, -0.2) is 4.79 Å². The van der Waals surface area contributed by atoms with Crippen LogP contribution in [0.1, 0.15) is 44.6 Å². The first-order valence-corrected chi connectivity index (χ1v) is 10.6. The second-order valence-electron chi connectivity index (χ2n) is 8.38. The molecule has 1 saturated heterocycles. The highest BCUT2D eigenvalue weighted by Gasteiger charge is 2.49. The third-order valence-electron chi connectivity index (χ3n) is 6.20. The van der Waals surface area contributed by atoms with Gasteiger partial charge in [0.15, 0.2) is 0 Å². The summed E-state index contributed by atoms with van der Waals surface area (Å²) in [5.74, 6) is -1.48. The number of amides is 5. The number of hydrogen-bond acceptors (Lipinski definition) is 4. The first-order chi connectivity index (χ1) is 14.9. The lowest BCUT2D eigenvalue weighted by atomic mass is 9.89. The van der Waals surface area contributed by atoms with Crippen molar-refractivity contribution in [1.29, 1.82) is 0 Å². The topological polar surface area (TPSA) is 108 Å². The van der Waals surface area contributed by atoms with Gasteiger partial charge in [0.05, 0.1) is 0 Å². The molecule has 0 bridgehead atoms. The zero-order chi connectivity index (χ0) is 22.0. The highest BCUT2D eigenvalue weighted by molar-refractivity contribution is 6.09. The summed E-state index contributed by atoms with van der Waals surface area (Å²) in [6, 6.07) is 12.6. The molecule has 2 fully saturated rings. The normalized spacial score (nSPS) is 21.8. The van der Waals surface area contributed by atoms with Crippen molar-refractivity contribution < 1.29 is 19.2 Å². The first kappa shape index (κ1) is 20.8. The van der Waals surface area contributed by atoms with E-state index in [1.165, 1.54) is 0 Å². The number of carbonyl (C=O) groups is 4. The smallest absolute Gasteiger partial charge is 0.319 e. The van der Waals surface area contributed by atoms with Crippen molar-refractivity contribution in [3.63, 3.8) is 0 Å². The van der Waals surface area contributed by atoms with Crippen LogP contribution >= 0.6 is 0 Å². The molecule has 1 saturated carbocycles. The molecule has 2 aromatic carbocycles. The Bertz CT molecular complexity index is 1050. The van der Waals surface area contributed by atoms with Gasteiger partial charge >= 0.3 is 6.03 Å². The van der Waals surface area contributed by atoms with Crippen molar-refractivity contribution in [2.45, 2.75) is 44.6 Å². The molecule has 1 aliphatic heterocycles. The molecule has 31 heavy (non-hydrogen) atoms. The third-order valence-corrected chi connectivity index (χ3v) is 6.20. The SMILES string of the molecule is C[C@]1(c2ccc3ccccc3c2)NC(=O)N(CC(=O)NNC(=O)C2CCCCC2)C1=O. The van der Waals surface area contributed by atoms with Gasteiger partial charge in [0, 0.05) is 5.92 Å². The summed E-state index contributed by atoms with van der Waals surface area (Å²) in [6.07, 6.45) is 4.74. The fraction of sp³-hybridized carbons (Fsp3) is 0.391. The van der Waals surface area contributed by atoms with E-state index in [0.29, 0.717) is 5.56 Å². The fourth-order valence-electron chi connectivity index (χ4n) is 4.32. The number of hydrogen-bond donors (Lipinski definition) is 3. The van der Waals surface area contributed by atoms with Gasteiger partial charge in [-0.3, -0.25) is 30.1 Å². The lowest BCUT2D eigenvalue weighted by Gasteiger charge is -2.23. The maximum absolute atomic E-state index is 13.1. The van der Waals surface area contributed by atoms with E-state index in [0.717, 1.165) is 47.8 Å². The zero-order valence-electron chi connectivity index (χ0n) is 17.4. The molecular formula is C23H26N4O4. The van der Waals surface area contributed by atoms with E-state index in [9.17, 15) is 19.2 Å². The lowest BCUT2D eigenvalue weighted by molar-refractivity contribution is -0.136. The molecule has 8 nitrogen and oxygen atoms in total. The first-order valence-electron chi connectivity index (χ1n) is 10.6. The molecule has 0 unspecified atom stereocenters. The summed E-state index contributed by atoms with van der Waals surface area (Å²) in [4.78, 5) is 50.9. The molecule has 4 rings (SSSR count). The molecule has 2 aromatic rings. The Labute approximate surface area is 180 Å². The van der Waals surface area contributed by atoms with E-state index in [2.05, 4.69) is 16.2 Å². The van der Waals surface area contributed by atoms with E-state index in [4.69, 9.17) is 0 Å². The van der Waals surface area contributed by atoms with Gasteiger partial charge in [-0.2, -0.15) is 0 Å². The highest BCUT2D eigenvalue weighted by Crippen LogP contribution is 2.31. The molecule has 0 spiro atoms. The Kier molecular flexibility index (Phi) is 5.63. The minimum Gasteiger partial charge on any atom is -0.319 e. The minimum atomic E-state index is -1.27. The van der Waals surface area contributed by atoms with Crippen LogP contribution < -0.4 is 16.2 Å². The molecule has 162 valence electrons. The molecule has 2 aliphatic rings. The van der Waals surface area contributed by atoms with Gasteiger partial charge in [-0.1, -0.05) is 55.7 Å². The Balaban J connectivity index is 1.41. The van der Waals surface area contributed by atoms with Gasteiger partial charge in [0.2, 0.25) is 5.91 Å². The number of hydrazine groups is 1. The zero-order valence-corrected chi connectivity index (χ0v) is 17.4. The average Bonchev–Trinajstić information content (AvgIpc) is 3.01. The second kappa shape index (κ2) is 8.37. The summed E-state index contributed by atoms with van der Waals surface area (Å²) in [6.45, 7) is 1.15. The molecule has 1 aliphatic carbocycles. The summed E-state index contributed by atoms with van der Waals surface area (Å²) >= 11 is 0. The van der Waals surface area contributed by atoms with Crippen molar-refractivity contribution in [3.8, 4) is 0 Å². The molecule has 5 amide bonds. The van der Waals surface area contributed by atoms with Crippen LogP contribution in [0.25, 0.3) is 10.8 Å². The van der Waals surface area contributed by atoms with Gasteiger partial charge < -0.3 is 5.32 Å². The number of imide groups is 1. The summed E-state index contributed by atoms with van der Waals surface area (Å²) in [7, 11) is 0. The van der Waals surface area contributed by atoms with Crippen molar-refractivity contribution in [1.82, 2.24) is 21.1 Å². The predicted molar refractivity (Wildman–Crippen MR) is 114 cm³/mol. The van der Waals surface area contributed by atoms with E-state index in [-0.39, 0.29) is 11.8 Å². The highest BCUT2D eigenvalue weighted by atomic mass is 16.2. The summed E-state index contributed by atoms with van der Waals surface area (Å²) in [5, 5.41) is 4.68. The van der Waals surface area contributed by atoms with Gasteiger partial charge in [-0.05, 0) is 42.2 Å². The standard InChI is InChI=1S/C23H26N4O4/c1-23(18-12-11-15-7-5-6-10-17(15)13-18)21(30)27(22(31)24-23)14-19(28)25-26-20(29)16-8-3-2-4-9-16/h5-7,10-13,16H,2-4,8-9,14H2,1H3,(H,24,31)(H,25,28)(H,26,29)/t23-/m1/s1. The third kappa shape index (κ3) is 4.10. The van der Waals surface area contributed by atoms with E-state index in [1.54, 1.807) is 13.0 Å². The van der Waals surface area contributed by atoms with Crippen molar-refractivity contribution in [3.05, 3.63) is 48.0 Å². The fourth-order valence-corrected chi connectivity index (χ4v) is 4.32. The number of rotatable bonds is 4. The van der Waals surface area contributed by atoms with Crippen LogP contribution in [0, 0.1) is 5.92 Å². The molecule has 8 heteroatoms. The van der Waals surface area contributed by atoms with Crippen LogP contribution in [0.2, 0.25) is 0 Å². The Morgan fingerprint density at radius 3 is 2.48 bits per heavy atom. The molecular weight excluding hydrogens is 396 g/mol. The molecule has 0 aromatic heterocycles. The molecule has 1 heterocycles. The molecule has 1 atom stereocenters. The van der Waals surface area contributed by atoms with Crippen LogP contribution in [-0.2, 0) is 19.9 Å². The molecule has 3 N–H and O–H groups in total. The second-order valence-corrected chi connectivity index (χ2v) is 8.38. The van der Waals surface area contributed by atoms with Crippen LogP contribution in [0.4, 0.5) is 4.79 Å². The maximum Gasteiger partial charge on any atom is 0.325 e. The van der Waals surface area contributed by atoms with Crippen LogP contribution in [0.15, 0.2) is 42.5 Å². The van der Waals surface area contributed by atoms with Crippen molar-refractivity contribution >= 4 is 34.5 Å². The van der Waals surface area contributed by atoms with E-state index < -0.39 is 29.9 Å². The van der Waals surface area contributed by atoms with Crippen LogP contribution in [0.3, 0.4) is 0 Å². The van der Waals surface area contributed by atoms with E-state index in [1.807, 2.05) is 36.4 Å². The van der Waals surface area contributed by atoms with Crippen molar-refractivity contribution in [2.24, 2.45) is 5.92 Å². The largest absolute Gasteiger partial charge is 0.325 e. The summed E-state index contributed by atoms with van der Waals surface area (Å²) in [5.41, 5.74) is 4.11. The predicted octanol–water partition coefficient (Wildman–Crippen LogP) is 2.33. The number of nitrogens with zero attached hydrogens (tertiary/aromatic N) is 1. The van der Waals surface area contributed by atoms with Crippen LogP contribution in [0.5, 0.6) is 0 Å². The van der Waals surface area contributed by atoms with Gasteiger partial charge in [-0.15, -0.1) is 0 Å². The minimum absolute atomic E-state index is 0.109. The quantitative estimate of drug-likeness (QED) is 0.519. The number of carbonyl (C=O) groups excluding carboxylic acids is 4. The maximum atomic E-state index is 13.1. The monoisotopic (exact) mass is 422 g/mol. The van der Waals surface area contributed by atoms with Gasteiger partial charge in [0.25, 0.3) is 11.8 Å². The Hall–Kier alpha value is -3.42. The number of benzene rings is 2. The Morgan fingerprint density at radius 2 is 1.74 bits per heavy atom. The Morgan fingerprint density at radius 1 is 1.03 bits per heavy atom. The van der Waals surface area contributed by atoms with Gasteiger partial charge in [0.1, 0.15) is 12.1 Å². The van der Waals surface area contributed by atoms with Crippen molar-refractivity contribution in [2.75, 3.05) is 6.54 Å². The number of urea groups is 1. The average molecular weight is 422 g/mol. The molecule has 0 radical (unpaired) electrons. The van der Waals surface area contributed by atoms with E-state index >= 15 is 0 Å².